The minimum Gasteiger partial charge on any atom is -0.487 e. The maximum atomic E-state index is 13.0. The Morgan fingerprint density at radius 2 is 2.13 bits per heavy atom. The molecule has 1 fully saturated rings. The van der Waals surface area contributed by atoms with Crippen LogP contribution in [0.2, 0.25) is 0 Å². The molecule has 4 heteroatoms. The SMILES string of the molecule is Nc1ccc(F)cc1OC1CCCC1N. The average molecular weight is 210 g/mol. The Hall–Kier alpha value is -1.29. The van der Waals surface area contributed by atoms with E-state index >= 15 is 0 Å². The van der Waals surface area contributed by atoms with Gasteiger partial charge < -0.3 is 16.2 Å². The molecule has 1 aromatic rings. The van der Waals surface area contributed by atoms with E-state index in [1.165, 1.54) is 18.2 Å². The molecule has 3 nitrogen and oxygen atoms in total. The molecule has 0 spiro atoms. The number of nitrogen functional groups attached to an aromatic ring is 1. The maximum Gasteiger partial charge on any atom is 0.145 e. The zero-order chi connectivity index (χ0) is 10.8. The molecule has 1 aliphatic carbocycles. The van der Waals surface area contributed by atoms with Crippen LogP contribution >= 0.6 is 0 Å². The minimum absolute atomic E-state index is 0.0332. The third-order valence-corrected chi connectivity index (χ3v) is 2.76. The smallest absolute Gasteiger partial charge is 0.145 e. The Labute approximate surface area is 88.2 Å². The van der Waals surface area contributed by atoms with E-state index in [0.717, 1.165) is 19.3 Å². The van der Waals surface area contributed by atoms with E-state index in [1.807, 2.05) is 0 Å². The number of nitrogens with two attached hydrogens (primary N) is 2. The second-order valence-corrected chi connectivity index (χ2v) is 3.93. The second kappa shape index (κ2) is 4.06. The summed E-state index contributed by atoms with van der Waals surface area (Å²) in [4.78, 5) is 0. The van der Waals surface area contributed by atoms with Gasteiger partial charge in [-0.25, -0.2) is 4.39 Å². The lowest BCUT2D eigenvalue weighted by molar-refractivity contribution is 0.192. The van der Waals surface area contributed by atoms with Gasteiger partial charge in [0.25, 0.3) is 0 Å². The molecule has 1 aliphatic rings. The van der Waals surface area contributed by atoms with Crippen molar-refractivity contribution in [2.75, 3.05) is 5.73 Å². The molecule has 0 aromatic heterocycles. The molecule has 15 heavy (non-hydrogen) atoms. The van der Waals surface area contributed by atoms with Gasteiger partial charge in [0.15, 0.2) is 0 Å². The molecule has 1 aromatic carbocycles. The van der Waals surface area contributed by atoms with Gasteiger partial charge in [-0.2, -0.15) is 0 Å². The third-order valence-electron chi connectivity index (χ3n) is 2.76. The van der Waals surface area contributed by atoms with Crippen molar-refractivity contribution < 1.29 is 9.13 Å². The normalized spacial score (nSPS) is 25.5. The fraction of sp³-hybridized carbons (Fsp3) is 0.455. The molecule has 1 saturated carbocycles. The highest BCUT2D eigenvalue weighted by molar-refractivity contribution is 5.52. The van der Waals surface area contributed by atoms with Crippen LogP contribution in [0.3, 0.4) is 0 Å². The van der Waals surface area contributed by atoms with Crippen molar-refractivity contribution >= 4 is 5.69 Å². The summed E-state index contributed by atoms with van der Waals surface area (Å²) in [6.45, 7) is 0. The van der Waals surface area contributed by atoms with Gasteiger partial charge in [-0.1, -0.05) is 0 Å². The Bertz CT molecular complexity index is 356. The van der Waals surface area contributed by atoms with Crippen LogP contribution in [0.5, 0.6) is 5.75 Å². The number of halogens is 1. The molecule has 0 heterocycles. The molecule has 0 radical (unpaired) electrons. The minimum atomic E-state index is -0.342. The van der Waals surface area contributed by atoms with Gasteiger partial charge in [0.1, 0.15) is 17.7 Å². The molecule has 0 amide bonds. The average Bonchev–Trinajstić information content (AvgIpc) is 2.58. The zero-order valence-corrected chi connectivity index (χ0v) is 8.45. The first-order valence-electron chi connectivity index (χ1n) is 5.14. The lowest BCUT2D eigenvalue weighted by atomic mass is 10.2. The van der Waals surface area contributed by atoms with E-state index in [4.69, 9.17) is 16.2 Å². The molecule has 0 saturated heterocycles. The fourth-order valence-electron chi connectivity index (χ4n) is 1.87. The highest BCUT2D eigenvalue weighted by atomic mass is 19.1. The lowest BCUT2D eigenvalue weighted by Crippen LogP contribution is -2.33. The molecule has 4 N–H and O–H groups in total. The molecule has 2 rings (SSSR count). The van der Waals surface area contributed by atoms with Gasteiger partial charge in [-0.05, 0) is 31.4 Å². The highest BCUT2D eigenvalue weighted by Crippen LogP contribution is 2.28. The van der Waals surface area contributed by atoms with Crippen LogP contribution in [0, 0.1) is 5.82 Å². The first kappa shape index (κ1) is 10.2. The van der Waals surface area contributed by atoms with E-state index in [2.05, 4.69) is 0 Å². The van der Waals surface area contributed by atoms with Gasteiger partial charge in [-0.3, -0.25) is 0 Å². The fourth-order valence-corrected chi connectivity index (χ4v) is 1.87. The number of hydrogen-bond acceptors (Lipinski definition) is 3. The number of ether oxygens (including phenoxy) is 1. The maximum absolute atomic E-state index is 13.0. The van der Waals surface area contributed by atoms with Crippen molar-refractivity contribution in [3.8, 4) is 5.75 Å². The van der Waals surface area contributed by atoms with Gasteiger partial charge in [-0.15, -0.1) is 0 Å². The number of benzene rings is 1. The zero-order valence-electron chi connectivity index (χ0n) is 8.45. The van der Waals surface area contributed by atoms with Crippen LogP contribution in [0.1, 0.15) is 19.3 Å². The first-order valence-corrected chi connectivity index (χ1v) is 5.14. The standard InChI is InChI=1S/C11H15FN2O/c12-7-4-5-9(14)11(6-7)15-10-3-1-2-8(10)13/h4-6,8,10H,1-3,13-14H2. The summed E-state index contributed by atoms with van der Waals surface area (Å²) in [5.74, 6) is 0.0584. The van der Waals surface area contributed by atoms with Crippen LogP contribution < -0.4 is 16.2 Å². The summed E-state index contributed by atoms with van der Waals surface area (Å²) in [7, 11) is 0. The van der Waals surface area contributed by atoms with E-state index < -0.39 is 0 Å². The van der Waals surface area contributed by atoms with Crippen LogP contribution in [0.15, 0.2) is 18.2 Å². The molecule has 2 atom stereocenters. The molecule has 2 unspecified atom stereocenters. The highest BCUT2D eigenvalue weighted by Gasteiger charge is 2.26. The quantitative estimate of drug-likeness (QED) is 0.730. The van der Waals surface area contributed by atoms with Crippen LogP contribution in [0.25, 0.3) is 0 Å². The van der Waals surface area contributed by atoms with E-state index in [-0.39, 0.29) is 18.0 Å². The Morgan fingerprint density at radius 3 is 2.80 bits per heavy atom. The van der Waals surface area contributed by atoms with Crippen molar-refractivity contribution in [2.24, 2.45) is 5.73 Å². The molecular weight excluding hydrogens is 195 g/mol. The summed E-state index contributed by atoms with van der Waals surface area (Å²) in [5, 5.41) is 0. The number of anilines is 1. The van der Waals surface area contributed by atoms with Gasteiger partial charge in [0, 0.05) is 12.1 Å². The lowest BCUT2D eigenvalue weighted by Gasteiger charge is -2.18. The largest absolute Gasteiger partial charge is 0.487 e. The number of rotatable bonds is 2. The van der Waals surface area contributed by atoms with E-state index in [1.54, 1.807) is 0 Å². The Kier molecular flexibility index (Phi) is 2.77. The van der Waals surface area contributed by atoms with Crippen LogP contribution in [0.4, 0.5) is 10.1 Å². The van der Waals surface area contributed by atoms with E-state index in [9.17, 15) is 4.39 Å². The van der Waals surface area contributed by atoms with Crippen LogP contribution in [-0.4, -0.2) is 12.1 Å². The monoisotopic (exact) mass is 210 g/mol. The van der Waals surface area contributed by atoms with Gasteiger partial charge in [0.2, 0.25) is 0 Å². The summed E-state index contributed by atoms with van der Waals surface area (Å²) in [6, 6.07) is 4.16. The summed E-state index contributed by atoms with van der Waals surface area (Å²) in [5.41, 5.74) is 12.0. The Balaban J connectivity index is 2.12. The number of hydrogen-bond donors (Lipinski definition) is 2. The molecule has 0 aliphatic heterocycles. The predicted octanol–water partition coefficient (Wildman–Crippen LogP) is 1.67. The van der Waals surface area contributed by atoms with E-state index in [0.29, 0.717) is 11.4 Å². The van der Waals surface area contributed by atoms with Crippen molar-refractivity contribution in [1.29, 1.82) is 0 Å². The predicted molar refractivity (Wildman–Crippen MR) is 57.1 cm³/mol. The first-order chi connectivity index (χ1) is 7.16. The van der Waals surface area contributed by atoms with Crippen molar-refractivity contribution in [1.82, 2.24) is 0 Å². The molecular formula is C11H15FN2O. The molecule has 82 valence electrons. The second-order valence-electron chi connectivity index (χ2n) is 3.93. The molecule has 0 bridgehead atoms. The summed E-state index contributed by atoms with van der Waals surface area (Å²) in [6.07, 6.45) is 2.90. The van der Waals surface area contributed by atoms with Crippen molar-refractivity contribution in [2.45, 2.75) is 31.4 Å². The van der Waals surface area contributed by atoms with Gasteiger partial charge >= 0.3 is 0 Å². The van der Waals surface area contributed by atoms with Crippen molar-refractivity contribution in [3.63, 3.8) is 0 Å². The van der Waals surface area contributed by atoms with Gasteiger partial charge in [0.05, 0.1) is 5.69 Å². The van der Waals surface area contributed by atoms with Crippen LogP contribution in [-0.2, 0) is 0 Å². The Morgan fingerprint density at radius 1 is 1.33 bits per heavy atom. The summed E-state index contributed by atoms with van der Waals surface area (Å²) < 4.78 is 18.6. The summed E-state index contributed by atoms with van der Waals surface area (Å²) >= 11 is 0. The van der Waals surface area contributed by atoms with Crippen molar-refractivity contribution in [3.05, 3.63) is 24.0 Å². The third kappa shape index (κ3) is 2.21. The topological polar surface area (TPSA) is 61.3 Å².